The molecular formula is C40H58FN3O7. The molecule has 0 spiro atoms. The monoisotopic (exact) mass is 711 g/mol. The summed E-state index contributed by atoms with van der Waals surface area (Å²) in [6, 6.07) is 10.4. The number of rotatable bonds is 11. The van der Waals surface area contributed by atoms with Gasteiger partial charge >= 0.3 is 18.2 Å². The van der Waals surface area contributed by atoms with Gasteiger partial charge in [-0.05, 0) is 98.5 Å². The molecule has 1 fully saturated rings. The lowest BCUT2D eigenvalue weighted by molar-refractivity contribution is -0.152. The van der Waals surface area contributed by atoms with Crippen molar-refractivity contribution < 1.29 is 37.7 Å². The minimum atomic E-state index is -0.840. The Hall–Kier alpha value is -4.02. The zero-order chi connectivity index (χ0) is 37.9. The molecule has 0 aromatic heterocycles. The van der Waals surface area contributed by atoms with Gasteiger partial charge in [-0.2, -0.15) is 0 Å². The molecule has 282 valence electrons. The minimum absolute atomic E-state index is 0.0153. The van der Waals surface area contributed by atoms with Gasteiger partial charge in [0.2, 0.25) is 0 Å². The Morgan fingerprint density at radius 1 is 0.902 bits per heavy atom. The van der Waals surface area contributed by atoms with Crippen LogP contribution in [0.4, 0.5) is 25.4 Å². The summed E-state index contributed by atoms with van der Waals surface area (Å²) < 4.78 is 40.2. The molecule has 11 heteroatoms. The Bertz CT molecular complexity index is 1540. The number of halogens is 1. The number of hydrogen-bond donors (Lipinski definition) is 1. The van der Waals surface area contributed by atoms with Crippen LogP contribution in [0.3, 0.4) is 0 Å². The molecule has 2 aromatic carbocycles. The highest BCUT2D eigenvalue weighted by Crippen LogP contribution is 2.44. The quantitative estimate of drug-likeness (QED) is 0.182. The molecule has 2 amide bonds. The Morgan fingerprint density at radius 2 is 1.51 bits per heavy atom. The SMILES string of the molecule is CC(C)C1CC(CN(C[C@H]2Cc3c(cc(OCc4ccccc4)c(NCC(=O)OC(C)(C)C)c3F)N2C(=O)OC(C)(C)C)C(=O)OC(C)(C)C)C1. The fourth-order valence-corrected chi connectivity index (χ4v) is 6.44. The summed E-state index contributed by atoms with van der Waals surface area (Å²) in [5.74, 6) is 0.348. The van der Waals surface area contributed by atoms with Crippen LogP contribution in [-0.2, 0) is 32.0 Å². The number of benzene rings is 2. The van der Waals surface area contributed by atoms with Crippen molar-refractivity contribution in [2.75, 3.05) is 29.9 Å². The lowest BCUT2D eigenvalue weighted by atomic mass is 9.69. The molecule has 1 N–H and O–H groups in total. The Labute approximate surface area is 303 Å². The topological polar surface area (TPSA) is 107 Å². The number of fused-ring (bicyclic) bond motifs is 1. The predicted molar refractivity (Wildman–Crippen MR) is 197 cm³/mol. The van der Waals surface area contributed by atoms with Crippen LogP contribution < -0.4 is 15.0 Å². The average Bonchev–Trinajstić information content (AvgIpc) is 3.32. The second-order valence-corrected chi connectivity index (χ2v) is 17.2. The molecule has 1 aliphatic heterocycles. The molecule has 2 aromatic rings. The van der Waals surface area contributed by atoms with Gasteiger partial charge in [-0.25, -0.2) is 14.0 Å². The van der Waals surface area contributed by atoms with Crippen LogP contribution in [0.1, 0.15) is 100 Å². The van der Waals surface area contributed by atoms with E-state index >= 15 is 4.39 Å². The number of carbonyl (C=O) groups is 3. The summed E-state index contributed by atoms with van der Waals surface area (Å²) in [5, 5.41) is 2.91. The molecule has 1 saturated carbocycles. The highest BCUT2D eigenvalue weighted by Gasteiger charge is 2.43. The summed E-state index contributed by atoms with van der Waals surface area (Å²) in [6.07, 6.45) is 0.950. The number of amides is 2. The van der Waals surface area contributed by atoms with E-state index in [1.165, 1.54) is 4.90 Å². The van der Waals surface area contributed by atoms with E-state index in [0.29, 0.717) is 24.3 Å². The van der Waals surface area contributed by atoms with Gasteiger partial charge in [0.1, 0.15) is 41.4 Å². The van der Waals surface area contributed by atoms with E-state index < -0.39 is 46.8 Å². The van der Waals surface area contributed by atoms with E-state index in [2.05, 4.69) is 19.2 Å². The molecule has 1 atom stereocenters. The van der Waals surface area contributed by atoms with E-state index in [9.17, 15) is 14.4 Å². The van der Waals surface area contributed by atoms with Crippen molar-refractivity contribution in [1.82, 2.24) is 4.90 Å². The van der Waals surface area contributed by atoms with Crippen molar-refractivity contribution in [3.05, 3.63) is 53.3 Å². The molecule has 51 heavy (non-hydrogen) atoms. The normalized spacial score (nSPS) is 18.8. The van der Waals surface area contributed by atoms with Gasteiger partial charge in [0.15, 0.2) is 5.82 Å². The molecular weight excluding hydrogens is 653 g/mol. The number of hydrogen-bond acceptors (Lipinski definition) is 8. The summed E-state index contributed by atoms with van der Waals surface area (Å²) in [7, 11) is 0. The molecule has 1 aliphatic carbocycles. The summed E-state index contributed by atoms with van der Waals surface area (Å²) in [5.41, 5.74) is -0.932. The molecule has 1 heterocycles. The van der Waals surface area contributed by atoms with E-state index in [-0.39, 0.29) is 48.8 Å². The van der Waals surface area contributed by atoms with Crippen molar-refractivity contribution in [3.63, 3.8) is 0 Å². The van der Waals surface area contributed by atoms with E-state index in [0.717, 1.165) is 18.4 Å². The first-order chi connectivity index (χ1) is 23.6. The Balaban J connectivity index is 1.73. The second kappa shape index (κ2) is 15.7. The fraction of sp³-hybridized carbons (Fsp3) is 0.625. The van der Waals surface area contributed by atoms with Crippen LogP contribution in [0.25, 0.3) is 0 Å². The van der Waals surface area contributed by atoms with Gasteiger partial charge < -0.3 is 29.2 Å². The van der Waals surface area contributed by atoms with Gasteiger partial charge in [0, 0.05) is 31.1 Å². The molecule has 10 nitrogen and oxygen atoms in total. The Kier molecular flexibility index (Phi) is 12.2. The van der Waals surface area contributed by atoms with E-state index in [1.54, 1.807) is 52.5 Å². The van der Waals surface area contributed by atoms with Crippen LogP contribution in [-0.4, -0.2) is 65.5 Å². The standard InChI is InChI=1S/C40H58FN3O7/c1-25(2)28-17-27(18-28)22-43(36(46)50-39(6,7)8)23-29-19-30-31(44(29)37(47)51-40(9,10)11)20-32(48-24-26-15-13-12-14-16-26)35(34(30)41)42-21-33(45)49-38(3,4)5/h12-16,20,25,27-29,42H,17-19,21-24H2,1-11H3/t27?,28?,29-/m1/s1. The third-order valence-electron chi connectivity index (χ3n) is 8.81. The van der Waals surface area contributed by atoms with Crippen LogP contribution in [0.2, 0.25) is 0 Å². The average molecular weight is 712 g/mol. The lowest BCUT2D eigenvalue weighted by Crippen LogP contribution is -2.51. The first-order valence-electron chi connectivity index (χ1n) is 18.1. The van der Waals surface area contributed by atoms with Crippen molar-refractivity contribution in [1.29, 1.82) is 0 Å². The first kappa shape index (κ1) is 39.8. The minimum Gasteiger partial charge on any atom is -0.487 e. The molecule has 0 unspecified atom stereocenters. The maximum atomic E-state index is 16.8. The number of ether oxygens (including phenoxy) is 4. The molecule has 2 aliphatic rings. The van der Waals surface area contributed by atoms with Gasteiger partial charge in [-0.3, -0.25) is 9.69 Å². The highest BCUT2D eigenvalue weighted by molar-refractivity contribution is 5.93. The van der Waals surface area contributed by atoms with Crippen molar-refractivity contribution >= 4 is 29.5 Å². The number of esters is 1. The highest BCUT2D eigenvalue weighted by atomic mass is 19.1. The zero-order valence-corrected chi connectivity index (χ0v) is 32.4. The van der Waals surface area contributed by atoms with Gasteiger partial charge in [-0.1, -0.05) is 44.2 Å². The molecule has 0 saturated heterocycles. The third kappa shape index (κ3) is 11.2. The number of nitrogens with one attached hydrogen (secondary N) is 1. The Morgan fingerprint density at radius 3 is 2.08 bits per heavy atom. The zero-order valence-electron chi connectivity index (χ0n) is 32.4. The van der Waals surface area contributed by atoms with Crippen LogP contribution in [0.5, 0.6) is 5.75 Å². The summed E-state index contributed by atoms with van der Waals surface area (Å²) in [6.45, 7) is 20.8. The first-order valence-corrected chi connectivity index (χ1v) is 18.1. The number of nitrogens with zero attached hydrogens (tertiary/aromatic N) is 2. The number of anilines is 2. The molecule has 0 bridgehead atoms. The fourth-order valence-electron chi connectivity index (χ4n) is 6.44. The molecule has 4 rings (SSSR count). The number of carbonyl (C=O) groups excluding carboxylic acids is 3. The largest absolute Gasteiger partial charge is 0.487 e. The maximum absolute atomic E-state index is 16.8. The van der Waals surface area contributed by atoms with Gasteiger partial charge in [-0.15, -0.1) is 0 Å². The summed E-state index contributed by atoms with van der Waals surface area (Å²) in [4.78, 5) is 43.4. The van der Waals surface area contributed by atoms with E-state index in [1.807, 2.05) is 51.1 Å². The van der Waals surface area contributed by atoms with E-state index in [4.69, 9.17) is 18.9 Å². The van der Waals surface area contributed by atoms with Gasteiger partial charge in [0.05, 0.1) is 11.7 Å². The maximum Gasteiger partial charge on any atom is 0.415 e. The smallest absolute Gasteiger partial charge is 0.415 e. The van der Waals surface area contributed by atoms with Crippen molar-refractivity contribution in [3.8, 4) is 5.75 Å². The summed E-state index contributed by atoms with van der Waals surface area (Å²) >= 11 is 0. The van der Waals surface area contributed by atoms with Crippen LogP contribution in [0.15, 0.2) is 36.4 Å². The lowest BCUT2D eigenvalue weighted by Gasteiger charge is -2.42. The van der Waals surface area contributed by atoms with Crippen molar-refractivity contribution in [2.24, 2.45) is 17.8 Å². The van der Waals surface area contributed by atoms with Crippen molar-refractivity contribution in [2.45, 2.75) is 125 Å². The molecule has 0 radical (unpaired) electrons. The second-order valence-electron chi connectivity index (χ2n) is 17.2. The van der Waals surface area contributed by atoms with Gasteiger partial charge in [0.25, 0.3) is 0 Å². The predicted octanol–water partition coefficient (Wildman–Crippen LogP) is 8.74. The third-order valence-corrected chi connectivity index (χ3v) is 8.81. The van der Waals surface area contributed by atoms with Crippen LogP contribution in [0, 0.1) is 23.6 Å². The van der Waals surface area contributed by atoms with Crippen LogP contribution >= 0.6 is 0 Å².